The maximum Gasteiger partial charge on any atom is 0.0700 e. The monoisotopic (exact) mass is 229 g/mol. The van der Waals surface area contributed by atoms with Gasteiger partial charge in [0.15, 0.2) is 0 Å². The van der Waals surface area contributed by atoms with Crippen LogP contribution in [-0.2, 0) is 0 Å². The first-order valence-corrected chi connectivity index (χ1v) is 7.04. The Hall–Kier alpha value is -0.770. The molecule has 0 bridgehead atoms. The molecule has 0 N–H and O–H groups in total. The Morgan fingerprint density at radius 3 is 2.71 bits per heavy atom. The first kappa shape index (κ1) is 11.3. The first-order valence-electron chi connectivity index (χ1n) is 7.04. The maximum absolute atomic E-state index is 9.37. The Labute approximate surface area is 105 Å². The molecule has 3 aliphatic rings. The molecular formula is C16H23N. The molecule has 2 saturated carbocycles. The Morgan fingerprint density at radius 2 is 2.06 bits per heavy atom. The molecule has 0 aromatic rings. The van der Waals surface area contributed by atoms with Gasteiger partial charge in [-0.2, -0.15) is 5.26 Å². The lowest BCUT2D eigenvalue weighted by atomic mass is 9.58. The van der Waals surface area contributed by atoms with Gasteiger partial charge in [0.2, 0.25) is 0 Å². The minimum atomic E-state index is 0.184. The van der Waals surface area contributed by atoms with Crippen molar-refractivity contribution in [1.82, 2.24) is 0 Å². The van der Waals surface area contributed by atoms with Crippen LogP contribution in [0.2, 0.25) is 0 Å². The minimum absolute atomic E-state index is 0.184. The second-order valence-electron chi connectivity index (χ2n) is 7.25. The third-order valence-corrected chi connectivity index (χ3v) is 6.27. The predicted molar refractivity (Wildman–Crippen MR) is 69.1 cm³/mol. The summed E-state index contributed by atoms with van der Waals surface area (Å²) < 4.78 is 0. The summed E-state index contributed by atoms with van der Waals surface area (Å²) in [6.07, 6.45) is 6.26. The molecule has 0 amide bonds. The van der Waals surface area contributed by atoms with Crippen LogP contribution >= 0.6 is 0 Å². The van der Waals surface area contributed by atoms with E-state index in [4.69, 9.17) is 0 Å². The first-order chi connectivity index (χ1) is 7.94. The van der Waals surface area contributed by atoms with E-state index in [1.54, 1.807) is 5.57 Å². The van der Waals surface area contributed by atoms with E-state index in [0.717, 1.165) is 11.8 Å². The highest BCUT2D eigenvalue weighted by molar-refractivity contribution is 5.36. The van der Waals surface area contributed by atoms with Gasteiger partial charge in [0.25, 0.3) is 0 Å². The predicted octanol–water partition coefficient (Wildman–Crippen LogP) is 4.16. The molecule has 1 heteroatoms. The molecule has 3 rings (SSSR count). The van der Waals surface area contributed by atoms with Crippen LogP contribution in [0.1, 0.15) is 47.0 Å². The summed E-state index contributed by atoms with van der Waals surface area (Å²) >= 11 is 0. The number of nitriles is 1. The second-order valence-corrected chi connectivity index (χ2v) is 7.25. The fraction of sp³-hybridized carbons (Fsp3) is 0.812. The van der Waals surface area contributed by atoms with E-state index in [-0.39, 0.29) is 5.92 Å². The van der Waals surface area contributed by atoms with Crippen LogP contribution < -0.4 is 0 Å². The topological polar surface area (TPSA) is 23.8 Å². The lowest BCUT2D eigenvalue weighted by Crippen LogP contribution is -2.37. The lowest BCUT2D eigenvalue weighted by Gasteiger charge is -2.46. The molecule has 5 atom stereocenters. The van der Waals surface area contributed by atoms with Gasteiger partial charge in [-0.15, -0.1) is 0 Å². The third-order valence-electron chi connectivity index (χ3n) is 6.27. The number of allylic oxidation sites excluding steroid dienone is 2. The molecule has 3 aliphatic carbocycles. The van der Waals surface area contributed by atoms with Crippen molar-refractivity contribution in [2.75, 3.05) is 0 Å². The summed E-state index contributed by atoms with van der Waals surface area (Å²) in [5.74, 6) is 2.33. The van der Waals surface area contributed by atoms with E-state index in [1.807, 2.05) is 0 Å². The van der Waals surface area contributed by atoms with E-state index in [2.05, 4.69) is 39.8 Å². The van der Waals surface area contributed by atoms with E-state index in [1.165, 1.54) is 19.3 Å². The van der Waals surface area contributed by atoms with Gasteiger partial charge in [-0.1, -0.05) is 39.3 Å². The van der Waals surface area contributed by atoms with E-state index in [0.29, 0.717) is 16.7 Å². The normalized spacial score (nSPS) is 50.6. The van der Waals surface area contributed by atoms with Gasteiger partial charge in [0.1, 0.15) is 0 Å². The quantitative estimate of drug-likeness (QED) is 0.572. The highest BCUT2D eigenvalue weighted by atomic mass is 14.7. The summed E-state index contributed by atoms with van der Waals surface area (Å²) in [6.45, 7) is 9.64. The largest absolute Gasteiger partial charge is 0.198 e. The number of rotatable bonds is 0. The molecule has 0 spiro atoms. The zero-order valence-corrected chi connectivity index (χ0v) is 11.5. The van der Waals surface area contributed by atoms with Crippen molar-refractivity contribution in [2.24, 2.45) is 34.5 Å². The van der Waals surface area contributed by atoms with Crippen LogP contribution in [-0.4, -0.2) is 0 Å². The van der Waals surface area contributed by atoms with Crippen molar-refractivity contribution < 1.29 is 0 Å². The molecule has 0 unspecified atom stereocenters. The zero-order valence-electron chi connectivity index (χ0n) is 11.5. The van der Waals surface area contributed by atoms with Gasteiger partial charge >= 0.3 is 0 Å². The van der Waals surface area contributed by atoms with Crippen molar-refractivity contribution >= 4 is 0 Å². The van der Waals surface area contributed by atoms with Crippen LogP contribution in [0.4, 0.5) is 0 Å². The van der Waals surface area contributed by atoms with Gasteiger partial charge in [-0.05, 0) is 47.8 Å². The van der Waals surface area contributed by atoms with Gasteiger partial charge in [-0.25, -0.2) is 0 Å². The Morgan fingerprint density at radius 1 is 1.35 bits per heavy atom. The molecule has 0 heterocycles. The molecule has 0 aromatic carbocycles. The van der Waals surface area contributed by atoms with Crippen molar-refractivity contribution in [3.05, 3.63) is 11.6 Å². The molecule has 0 radical (unpaired) electrons. The fourth-order valence-corrected chi connectivity index (χ4v) is 5.18. The Kier molecular flexibility index (Phi) is 2.11. The van der Waals surface area contributed by atoms with Crippen molar-refractivity contribution in [2.45, 2.75) is 47.0 Å². The molecule has 92 valence electrons. The molecular weight excluding hydrogens is 206 g/mol. The van der Waals surface area contributed by atoms with Gasteiger partial charge in [0, 0.05) is 0 Å². The molecule has 0 aliphatic heterocycles. The molecule has 0 saturated heterocycles. The Bertz CT molecular complexity index is 425. The summed E-state index contributed by atoms with van der Waals surface area (Å²) in [7, 11) is 0. The van der Waals surface area contributed by atoms with Crippen molar-refractivity contribution in [1.29, 1.82) is 5.26 Å². The average molecular weight is 229 g/mol. The summed E-state index contributed by atoms with van der Waals surface area (Å²) in [5.41, 5.74) is 2.37. The van der Waals surface area contributed by atoms with Gasteiger partial charge in [-0.3, -0.25) is 0 Å². The van der Waals surface area contributed by atoms with E-state index in [9.17, 15) is 5.26 Å². The molecule has 1 nitrogen and oxygen atoms in total. The number of fused-ring (bicyclic) bond motifs is 3. The van der Waals surface area contributed by atoms with Crippen molar-refractivity contribution in [3.8, 4) is 6.07 Å². The minimum Gasteiger partial charge on any atom is -0.198 e. The Balaban J connectivity index is 2.09. The summed E-state index contributed by atoms with van der Waals surface area (Å²) in [5, 5.41) is 9.37. The highest BCUT2D eigenvalue weighted by Crippen LogP contribution is 2.75. The van der Waals surface area contributed by atoms with Crippen LogP contribution in [0.5, 0.6) is 0 Å². The third kappa shape index (κ3) is 1.20. The second kappa shape index (κ2) is 3.16. The molecule has 2 fully saturated rings. The lowest BCUT2D eigenvalue weighted by molar-refractivity contribution is 0.136. The zero-order chi connectivity index (χ0) is 12.4. The fourth-order valence-electron chi connectivity index (χ4n) is 5.18. The van der Waals surface area contributed by atoms with Gasteiger partial charge in [0.05, 0.1) is 12.0 Å². The van der Waals surface area contributed by atoms with Crippen LogP contribution in [0, 0.1) is 45.8 Å². The number of hydrogen-bond donors (Lipinski definition) is 0. The van der Waals surface area contributed by atoms with E-state index < -0.39 is 0 Å². The van der Waals surface area contributed by atoms with Gasteiger partial charge < -0.3 is 0 Å². The smallest absolute Gasteiger partial charge is 0.0700 e. The summed E-state index contributed by atoms with van der Waals surface area (Å²) in [6, 6.07) is 2.54. The van der Waals surface area contributed by atoms with E-state index >= 15 is 0 Å². The van der Waals surface area contributed by atoms with Crippen LogP contribution in [0.3, 0.4) is 0 Å². The molecule has 17 heavy (non-hydrogen) atoms. The highest BCUT2D eigenvalue weighted by Gasteiger charge is 2.70. The SMILES string of the molecule is C[C@H]1CCCC2=C[C@H](C#N)[C@H]3[C@H](C3(C)C)[C@@]21C. The maximum atomic E-state index is 9.37. The van der Waals surface area contributed by atoms with Crippen LogP contribution in [0.15, 0.2) is 11.6 Å². The summed E-state index contributed by atoms with van der Waals surface area (Å²) in [4.78, 5) is 0. The standard InChI is InChI=1S/C16H23N/c1-10-6-5-7-12-8-11(9-17)13-14(15(13,2)3)16(10,12)4/h8,10-11,13-14H,5-7H2,1-4H3/t10-,11+,13-,14+,16+/m0/s1. The van der Waals surface area contributed by atoms with Crippen molar-refractivity contribution in [3.63, 3.8) is 0 Å². The van der Waals surface area contributed by atoms with Crippen LogP contribution in [0.25, 0.3) is 0 Å². The number of hydrogen-bond acceptors (Lipinski definition) is 1. The number of nitrogens with zero attached hydrogens (tertiary/aromatic N) is 1. The molecule has 0 aromatic heterocycles. The average Bonchev–Trinajstić information content (AvgIpc) is 2.85.